The maximum atomic E-state index is 12.8. The number of carbonyl (C=O) groups is 1. The minimum absolute atomic E-state index is 0.0197. The van der Waals surface area contributed by atoms with Gasteiger partial charge in [0.15, 0.2) is 0 Å². The Morgan fingerprint density at radius 1 is 1.34 bits per heavy atom. The van der Waals surface area contributed by atoms with Gasteiger partial charge in [-0.15, -0.1) is 0 Å². The lowest BCUT2D eigenvalue weighted by Gasteiger charge is -2.48. The Kier molecular flexibility index (Phi) is 4.64. The summed E-state index contributed by atoms with van der Waals surface area (Å²) in [7, 11) is 1.69. The molecule has 1 aromatic heterocycles. The van der Waals surface area contributed by atoms with Crippen molar-refractivity contribution >= 4 is 16.9 Å². The number of H-pyrrole nitrogens is 1. The Labute approximate surface area is 189 Å². The van der Waals surface area contributed by atoms with Gasteiger partial charge in [0.2, 0.25) is 0 Å². The molecule has 2 N–H and O–H groups in total. The van der Waals surface area contributed by atoms with Crippen molar-refractivity contribution in [1.29, 1.82) is 0 Å². The number of benzene rings is 1. The Balaban J connectivity index is 1.12. The lowest BCUT2D eigenvalue weighted by Crippen LogP contribution is -2.54. The van der Waals surface area contributed by atoms with Crippen LogP contribution >= 0.6 is 0 Å². The van der Waals surface area contributed by atoms with Crippen LogP contribution in [0.15, 0.2) is 24.4 Å². The molecular formula is C26H34N2O4. The fraction of sp³-hybridized carbons (Fsp3) is 0.654. The maximum absolute atomic E-state index is 12.8. The second kappa shape index (κ2) is 7.22. The lowest BCUT2D eigenvalue weighted by molar-refractivity contribution is -0.146. The highest BCUT2D eigenvalue weighted by atomic mass is 16.6. The van der Waals surface area contributed by atoms with Gasteiger partial charge in [-0.1, -0.05) is 20.3 Å². The predicted molar refractivity (Wildman–Crippen MR) is 122 cm³/mol. The van der Waals surface area contributed by atoms with E-state index in [1.165, 1.54) is 30.2 Å². The highest BCUT2D eigenvalue weighted by Gasteiger charge is 2.78. The molecule has 0 amide bonds. The SMILES string of the molecule is COc1ccc2[nH]cc(CCNC[C@@H]3C(=O)O[C@@H]4C[C@@]5(C)CCC[C@H](C)[C@@]56O[C@H]6[C@H]34)c2c1. The zero-order chi connectivity index (χ0) is 22.1. The topological polar surface area (TPSA) is 75.9 Å². The molecule has 2 aliphatic carbocycles. The number of hydrogen-bond acceptors (Lipinski definition) is 5. The largest absolute Gasteiger partial charge is 0.497 e. The molecule has 32 heavy (non-hydrogen) atoms. The average Bonchev–Trinajstić information content (AvgIpc) is 3.31. The smallest absolute Gasteiger partial charge is 0.311 e. The van der Waals surface area contributed by atoms with E-state index in [-0.39, 0.29) is 41.0 Å². The third-order valence-corrected chi connectivity index (χ3v) is 9.10. The van der Waals surface area contributed by atoms with E-state index in [1.807, 2.05) is 12.1 Å². The third-order valence-electron chi connectivity index (χ3n) is 9.10. The zero-order valence-electron chi connectivity index (χ0n) is 19.3. The maximum Gasteiger partial charge on any atom is 0.311 e. The Bertz CT molecular complexity index is 1050. The van der Waals surface area contributed by atoms with Gasteiger partial charge in [-0.25, -0.2) is 0 Å². The summed E-state index contributed by atoms with van der Waals surface area (Å²) in [5, 5.41) is 4.74. The predicted octanol–water partition coefficient (Wildman–Crippen LogP) is 3.83. The standard InChI is InChI=1S/C26H34N2O4/c1-15-5-4-9-25(2)12-21-22(23-26(15,25)32-23)19(24(29)31-21)14-27-10-8-16-13-28-20-7-6-17(30-3)11-18(16)20/h6-7,11,13,15,19,21-23,27-28H,4-5,8-10,12,14H2,1-3H3/t15-,19-,21+,22+,23-,25+,26-/m0/s1. The van der Waals surface area contributed by atoms with E-state index in [9.17, 15) is 4.79 Å². The Hall–Kier alpha value is -2.05. The summed E-state index contributed by atoms with van der Waals surface area (Å²) in [5.41, 5.74) is 2.50. The first kappa shape index (κ1) is 20.5. The number of carbonyl (C=O) groups excluding carboxylic acids is 1. The number of aromatic amines is 1. The van der Waals surface area contributed by atoms with Crippen LogP contribution in [0.5, 0.6) is 5.75 Å². The highest BCUT2D eigenvalue weighted by Crippen LogP contribution is 2.70. The molecule has 6 nitrogen and oxygen atoms in total. The highest BCUT2D eigenvalue weighted by molar-refractivity contribution is 5.84. The number of aromatic nitrogens is 1. The molecule has 2 saturated carbocycles. The number of hydrogen-bond donors (Lipinski definition) is 2. The van der Waals surface area contributed by atoms with E-state index in [1.54, 1.807) is 7.11 Å². The summed E-state index contributed by atoms with van der Waals surface area (Å²) in [6, 6.07) is 6.10. The molecule has 7 atom stereocenters. The van der Waals surface area contributed by atoms with Crippen LogP contribution in [0.25, 0.3) is 10.9 Å². The van der Waals surface area contributed by atoms with Crippen LogP contribution in [0.3, 0.4) is 0 Å². The fourth-order valence-corrected chi connectivity index (χ4v) is 7.44. The second-order valence-electron chi connectivity index (χ2n) is 10.7. The molecule has 0 radical (unpaired) electrons. The van der Waals surface area contributed by atoms with E-state index in [0.717, 1.165) is 30.7 Å². The molecule has 0 unspecified atom stereocenters. The van der Waals surface area contributed by atoms with Crippen molar-refractivity contribution < 1.29 is 19.0 Å². The van der Waals surface area contributed by atoms with Gasteiger partial charge in [0.05, 0.1) is 19.1 Å². The van der Waals surface area contributed by atoms with Crippen LogP contribution in [0.2, 0.25) is 0 Å². The molecule has 0 bridgehead atoms. The van der Waals surface area contributed by atoms with Crippen molar-refractivity contribution in [1.82, 2.24) is 10.3 Å². The molecule has 6 rings (SSSR count). The van der Waals surface area contributed by atoms with Crippen molar-refractivity contribution in [3.05, 3.63) is 30.0 Å². The first-order valence-corrected chi connectivity index (χ1v) is 12.2. The number of ether oxygens (including phenoxy) is 3. The van der Waals surface area contributed by atoms with Crippen molar-refractivity contribution in [2.24, 2.45) is 23.2 Å². The van der Waals surface area contributed by atoms with Crippen LogP contribution in [0.1, 0.15) is 45.1 Å². The number of nitrogens with one attached hydrogen (secondary N) is 2. The van der Waals surface area contributed by atoms with Crippen LogP contribution < -0.4 is 10.1 Å². The second-order valence-corrected chi connectivity index (χ2v) is 10.7. The fourth-order valence-electron chi connectivity index (χ4n) is 7.44. The van der Waals surface area contributed by atoms with Crippen molar-refractivity contribution in [2.45, 2.75) is 63.8 Å². The molecule has 172 valence electrons. The van der Waals surface area contributed by atoms with Crippen LogP contribution in [-0.4, -0.2) is 49.0 Å². The molecule has 2 saturated heterocycles. The van der Waals surface area contributed by atoms with E-state index in [4.69, 9.17) is 14.2 Å². The van der Waals surface area contributed by atoms with Gasteiger partial charge >= 0.3 is 5.97 Å². The van der Waals surface area contributed by atoms with Crippen LogP contribution in [0, 0.1) is 23.2 Å². The molecule has 2 aromatic rings. The normalized spacial score (nSPS) is 39.8. The number of fused-ring (bicyclic) bond motifs is 3. The van der Waals surface area contributed by atoms with E-state index >= 15 is 0 Å². The monoisotopic (exact) mass is 438 g/mol. The molecule has 1 aromatic carbocycles. The summed E-state index contributed by atoms with van der Waals surface area (Å²) in [5.74, 6) is 1.48. The Morgan fingerprint density at radius 3 is 3.06 bits per heavy atom. The molecule has 6 heteroatoms. The summed E-state index contributed by atoms with van der Waals surface area (Å²) in [6.45, 7) is 6.19. The minimum atomic E-state index is -0.105. The van der Waals surface area contributed by atoms with Gasteiger partial charge in [-0.2, -0.15) is 0 Å². The number of esters is 1. The third kappa shape index (κ3) is 2.81. The summed E-state index contributed by atoms with van der Waals surface area (Å²) >= 11 is 0. The number of rotatable bonds is 6. The first-order valence-electron chi connectivity index (χ1n) is 12.2. The van der Waals surface area contributed by atoms with E-state index in [0.29, 0.717) is 12.5 Å². The average molecular weight is 439 g/mol. The van der Waals surface area contributed by atoms with Gasteiger partial charge in [-0.05, 0) is 61.9 Å². The number of epoxide rings is 1. The molecular weight excluding hydrogens is 404 g/mol. The summed E-state index contributed by atoms with van der Waals surface area (Å²) in [6.07, 6.45) is 7.79. The zero-order valence-corrected chi connectivity index (χ0v) is 19.3. The summed E-state index contributed by atoms with van der Waals surface area (Å²) < 4.78 is 17.8. The van der Waals surface area contributed by atoms with Crippen LogP contribution in [0.4, 0.5) is 0 Å². The molecule has 3 heterocycles. The van der Waals surface area contributed by atoms with Gasteiger partial charge in [0.1, 0.15) is 17.5 Å². The summed E-state index contributed by atoms with van der Waals surface area (Å²) in [4.78, 5) is 16.2. The number of methoxy groups -OCH3 is 1. The molecule has 4 aliphatic rings. The van der Waals surface area contributed by atoms with E-state index < -0.39 is 0 Å². The Morgan fingerprint density at radius 2 is 2.22 bits per heavy atom. The van der Waals surface area contributed by atoms with Crippen molar-refractivity contribution in [3.8, 4) is 5.75 Å². The van der Waals surface area contributed by atoms with Crippen molar-refractivity contribution in [3.63, 3.8) is 0 Å². The van der Waals surface area contributed by atoms with Gasteiger partial charge in [-0.3, -0.25) is 4.79 Å². The first-order chi connectivity index (χ1) is 15.5. The quantitative estimate of drug-likeness (QED) is 0.407. The minimum Gasteiger partial charge on any atom is -0.497 e. The van der Waals surface area contributed by atoms with Gasteiger partial charge < -0.3 is 24.5 Å². The van der Waals surface area contributed by atoms with Crippen LogP contribution in [-0.2, 0) is 20.7 Å². The molecule has 1 spiro atoms. The molecule has 2 aliphatic heterocycles. The van der Waals surface area contributed by atoms with Crippen molar-refractivity contribution in [2.75, 3.05) is 20.2 Å². The van der Waals surface area contributed by atoms with Gasteiger partial charge in [0, 0.05) is 35.0 Å². The van der Waals surface area contributed by atoms with Gasteiger partial charge in [0.25, 0.3) is 0 Å². The van der Waals surface area contributed by atoms with E-state index in [2.05, 4.69) is 36.4 Å². The lowest BCUT2D eigenvalue weighted by atomic mass is 9.53. The molecule has 4 fully saturated rings.